The van der Waals surface area contributed by atoms with Gasteiger partial charge in [0.25, 0.3) is 5.91 Å². The van der Waals surface area contributed by atoms with Crippen molar-refractivity contribution >= 4 is 21.6 Å². The van der Waals surface area contributed by atoms with Gasteiger partial charge in [-0.3, -0.25) is 4.79 Å². The molecule has 1 aliphatic carbocycles. The van der Waals surface area contributed by atoms with E-state index in [2.05, 4.69) is 17.2 Å². The molecule has 0 spiro atoms. The van der Waals surface area contributed by atoms with Gasteiger partial charge in [0.1, 0.15) is 5.82 Å². The lowest BCUT2D eigenvalue weighted by Crippen LogP contribution is -2.43. The number of carbonyl (C=O) groups is 1. The van der Waals surface area contributed by atoms with Crippen molar-refractivity contribution in [1.29, 1.82) is 0 Å². The van der Waals surface area contributed by atoms with Gasteiger partial charge in [0.15, 0.2) is 9.84 Å². The van der Waals surface area contributed by atoms with Crippen LogP contribution in [0.5, 0.6) is 0 Å². The van der Waals surface area contributed by atoms with Crippen LogP contribution in [0.25, 0.3) is 0 Å². The molecule has 2 fully saturated rings. The zero-order valence-electron chi connectivity index (χ0n) is 12.7. The predicted molar refractivity (Wildman–Crippen MR) is 84.6 cm³/mol. The SMILES string of the molecule is CCC1CC1Nc1ccc(C(=O)N2CCS(=O)(=O)CC2)cn1. The minimum absolute atomic E-state index is 0.0475. The Hall–Kier alpha value is -1.63. The number of anilines is 1. The molecule has 1 amide bonds. The number of nitrogens with one attached hydrogen (secondary N) is 1. The molecule has 0 bridgehead atoms. The average molecular weight is 323 g/mol. The fraction of sp³-hybridized carbons (Fsp3) is 0.600. The Morgan fingerprint density at radius 3 is 2.64 bits per heavy atom. The Morgan fingerprint density at radius 1 is 1.36 bits per heavy atom. The Morgan fingerprint density at radius 2 is 2.09 bits per heavy atom. The first kappa shape index (κ1) is 15.3. The molecule has 2 heterocycles. The van der Waals surface area contributed by atoms with Crippen molar-refractivity contribution in [1.82, 2.24) is 9.88 Å². The quantitative estimate of drug-likeness (QED) is 0.899. The second-order valence-electron chi connectivity index (χ2n) is 6.03. The zero-order chi connectivity index (χ0) is 15.7. The molecule has 1 aromatic heterocycles. The average Bonchev–Trinajstić information content (AvgIpc) is 3.25. The number of amides is 1. The third kappa shape index (κ3) is 3.40. The first-order valence-corrected chi connectivity index (χ1v) is 9.53. The van der Waals surface area contributed by atoms with E-state index in [1.54, 1.807) is 17.2 Å². The number of hydrogen-bond donors (Lipinski definition) is 1. The molecular weight excluding hydrogens is 302 g/mol. The standard InChI is InChI=1S/C15H21N3O3S/c1-2-11-9-13(11)17-14-4-3-12(10-16-14)15(19)18-5-7-22(20,21)8-6-18/h3-4,10-11,13H,2,5-9H2,1H3,(H,16,17). The van der Waals surface area contributed by atoms with E-state index in [9.17, 15) is 13.2 Å². The van der Waals surface area contributed by atoms with Crippen molar-refractivity contribution in [2.75, 3.05) is 29.9 Å². The van der Waals surface area contributed by atoms with Crippen LogP contribution < -0.4 is 5.32 Å². The van der Waals surface area contributed by atoms with Gasteiger partial charge in [0.2, 0.25) is 0 Å². The third-order valence-corrected chi connectivity index (χ3v) is 6.03. The van der Waals surface area contributed by atoms with E-state index >= 15 is 0 Å². The lowest BCUT2D eigenvalue weighted by atomic mass is 10.2. The molecule has 1 saturated carbocycles. The lowest BCUT2D eigenvalue weighted by molar-refractivity contribution is 0.0770. The fourth-order valence-corrected chi connectivity index (χ4v) is 3.97. The summed E-state index contributed by atoms with van der Waals surface area (Å²) in [4.78, 5) is 18.2. The van der Waals surface area contributed by atoms with Gasteiger partial charge in [0, 0.05) is 25.3 Å². The van der Waals surface area contributed by atoms with E-state index in [-0.39, 0.29) is 30.5 Å². The molecule has 22 heavy (non-hydrogen) atoms. The van der Waals surface area contributed by atoms with E-state index in [1.165, 1.54) is 12.8 Å². The molecule has 2 aliphatic rings. The molecule has 1 saturated heterocycles. The predicted octanol–water partition coefficient (Wildman–Crippen LogP) is 1.16. The molecule has 1 N–H and O–H groups in total. The van der Waals surface area contributed by atoms with Gasteiger partial charge in [0.05, 0.1) is 17.1 Å². The second kappa shape index (κ2) is 5.87. The molecule has 120 valence electrons. The van der Waals surface area contributed by atoms with Gasteiger partial charge in [-0.1, -0.05) is 13.3 Å². The van der Waals surface area contributed by atoms with Gasteiger partial charge in [-0.25, -0.2) is 13.4 Å². The second-order valence-corrected chi connectivity index (χ2v) is 8.33. The minimum Gasteiger partial charge on any atom is -0.367 e. The van der Waals surface area contributed by atoms with Crippen molar-refractivity contribution < 1.29 is 13.2 Å². The van der Waals surface area contributed by atoms with Crippen LogP contribution in [0.2, 0.25) is 0 Å². The van der Waals surface area contributed by atoms with E-state index in [0.717, 1.165) is 11.7 Å². The number of rotatable bonds is 4. The maximum absolute atomic E-state index is 12.3. The molecule has 1 aliphatic heterocycles. The first-order valence-electron chi connectivity index (χ1n) is 7.71. The monoisotopic (exact) mass is 323 g/mol. The van der Waals surface area contributed by atoms with E-state index in [1.807, 2.05) is 6.07 Å². The number of nitrogens with zero attached hydrogens (tertiary/aromatic N) is 2. The summed E-state index contributed by atoms with van der Waals surface area (Å²) < 4.78 is 22.8. The van der Waals surface area contributed by atoms with Crippen LogP contribution in [0.15, 0.2) is 18.3 Å². The van der Waals surface area contributed by atoms with Crippen LogP contribution >= 0.6 is 0 Å². The smallest absolute Gasteiger partial charge is 0.255 e. The summed E-state index contributed by atoms with van der Waals surface area (Å²) in [5.74, 6) is 1.47. The Bertz CT molecular complexity index is 643. The van der Waals surface area contributed by atoms with Crippen molar-refractivity contribution in [2.45, 2.75) is 25.8 Å². The molecule has 6 nitrogen and oxygen atoms in total. The normalized spacial score (nSPS) is 26.5. The molecule has 2 unspecified atom stereocenters. The summed E-state index contributed by atoms with van der Waals surface area (Å²) in [5.41, 5.74) is 0.507. The van der Waals surface area contributed by atoms with Crippen LogP contribution in [0, 0.1) is 5.92 Å². The van der Waals surface area contributed by atoms with Crippen molar-refractivity contribution in [3.63, 3.8) is 0 Å². The van der Waals surface area contributed by atoms with Gasteiger partial charge in [-0.2, -0.15) is 0 Å². The van der Waals surface area contributed by atoms with Crippen LogP contribution in [0.3, 0.4) is 0 Å². The van der Waals surface area contributed by atoms with E-state index in [4.69, 9.17) is 0 Å². The molecule has 0 aromatic carbocycles. The summed E-state index contributed by atoms with van der Waals surface area (Å²) >= 11 is 0. The summed E-state index contributed by atoms with van der Waals surface area (Å²) in [6.07, 6.45) is 3.92. The molecular formula is C15H21N3O3S. The summed E-state index contributed by atoms with van der Waals surface area (Å²) in [6.45, 7) is 2.71. The number of pyridine rings is 1. The van der Waals surface area contributed by atoms with Crippen molar-refractivity contribution in [3.8, 4) is 0 Å². The molecule has 0 radical (unpaired) electrons. The number of carbonyl (C=O) groups excluding carboxylic acids is 1. The molecule has 7 heteroatoms. The lowest BCUT2D eigenvalue weighted by Gasteiger charge is -2.26. The van der Waals surface area contributed by atoms with Crippen LogP contribution in [-0.2, 0) is 9.84 Å². The van der Waals surface area contributed by atoms with Gasteiger partial charge in [-0.15, -0.1) is 0 Å². The fourth-order valence-electron chi connectivity index (χ4n) is 2.77. The van der Waals surface area contributed by atoms with Crippen molar-refractivity contribution in [2.24, 2.45) is 5.92 Å². The Balaban J connectivity index is 1.59. The summed E-state index contributed by atoms with van der Waals surface area (Å²) in [5, 5.41) is 3.36. The number of hydrogen-bond acceptors (Lipinski definition) is 5. The van der Waals surface area contributed by atoms with Crippen molar-refractivity contribution in [3.05, 3.63) is 23.9 Å². The van der Waals surface area contributed by atoms with Gasteiger partial charge < -0.3 is 10.2 Å². The number of aromatic nitrogens is 1. The highest BCUT2D eigenvalue weighted by Gasteiger charge is 2.35. The zero-order valence-corrected chi connectivity index (χ0v) is 13.5. The summed E-state index contributed by atoms with van der Waals surface area (Å²) in [7, 11) is -2.97. The van der Waals surface area contributed by atoms with Crippen LogP contribution in [0.1, 0.15) is 30.1 Å². The molecule has 3 rings (SSSR count). The maximum Gasteiger partial charge on any atom is 0.255 e. The molecule has 2 atom stereocenters. The number of sulfone groups is 1. The van der Waals surface area contributed by atoms with Crippen LogP contribution in [0.4, 0.5) is 5.82 Å². The van der Waals surface area contributed by atoms with Gasteiger partial charge in [-0.05, 0) is 24.5 Å². The molecule has 1 aromatic rings. The highest BCUT2D eigenvalue weighted by atomic mass is 32.2. The topological polar surface area (TPSA) is 79.4 Å². The maximum atomic E-state index is 12.3. The third-order valence-electron chi connectivity index (χ3n) is 4.42. The largest absolute Gasteiger partial charge is 0.367 e. The van der Waals surface area contributed by atoms with E-state index < -0.39 is 9.84 Å². The van der Waals surface area contributed by atoms with Crippen LogP contribution in [-0.4, -0.2) is 54.8 Å². The van der Waals surface area contributed by atoms with Gasteiger partial charge >= 0.3 is 0 Å². The highest BCUT2D eigenvalue weighted by Crippen LogP contribution is 2.35. The summed E-state index contributed by atoms with van der Waals surface area (Å²) in [6, 6.07) is 4.08. The Kier molecular flexibility index (Phi) is 4.08. The highest BCUT2D eigenvalue weighted by molar-refractivity contribution is 7.91. The minimum atomic E-state index is -2.97. The first-order chi connectivity index (χ1) is 10.5. The van der Waals surface area contributed by atoms with E-state index in [0.29, 0.717) is 11.6 Å². The Labute approximate surface area is 130 Å².